The summed E-state index contributed by atoms with van der Waals surface area (Å²) in [7, 11) is -4.55. The summed E-state index contributed by atoms with van der Waals surface area (Å²) in [5, 5.41) is 28.1. The summed E-state index contributed by atoms with van der Waals surface area (Å²) < 4.78 is 31.4. The minimum atomic E-state index is -4.55. The number of phenols is 1. The van der Waals surface area contributed by atoms with Crippen LogP contribution < -0.4 is 5.23 Å². The molecule has 0 aromatic heterocycles. The zero-order valence-electron chi connectivity index (χ0n) is 8.86. The molecule has 0 saturated carbocycles. The molecule has 0 aliphatic heterocycles. The zero-order chi connectivity index (χ0) is 13.5. The summed E-state index contributed by atoms with van der Waals surface area (Å²) in [5.41, 5.74) is -0.113. The van der Waals surface area contributed by atoms with E-state index in [0.717, 1.165) is 12.1 Å². The standard InChI is InChI=1S/C10H9NO6S/c12-8-3-6-1-2-7(11(13)14)4-9(6)10(5-8)18(15,16)17/h1-5,11-13H,(H,15,16,17). The quantitative estimate of drug-likeness (QED) is 0.457. The van der Waals surface area contributed by atoms with Crippen LogP contribution >= 0.6 is 0 Å². The van der Waals surface area contributed by atoms with Gasteiger partial charge in [-0.2, -0.15) is 13.6 Å². The smallest absolute Gasteiger partial charge is 0.295 e. The second-order valence-corrected chi connectivity index (χ2v) is 5.05. The normalized spacial score (nSPS) is 13.7. The number of hydrogen-bond acceptors (Lipinski definition) is 5. The van der Waals surface area contributed by atoms with Gasteiger partial charge in [0.05, 0.1) is 0 Å². The minimum absolute atomic E-state index is 0.0372. The summed E-state index contributed by atoms with van der Waals surface area (Å²) in [5.74, 6) is -0.335. The third-order valence-electron chi connectivity index (χ3n) is 2.43. The number of rotatable bonds is 2. The average Bonchev–Trinajstić information content (AvgIpc) is 2.25. The molecule has 96 valence electrons. The Bertz CT molecular complexity index is 710. The number of hydrogen-bond donors (Lipinski definition) is 4. The van der Waals surface area contributed by atoms with Crippen molar-refractivity contribution in [3.63, 3.8) is 0 Å². The molecule has 4 N–H and O–H groups in total. The fraction of sp³-hybridized carbons (Fsp3) is 0. The molecule has 18 heavy (non-hydrogen) atoms. The highest BCUT2D eigenvalue weighted by molar-refractivity contribution is 7.86. The van der Waals surface area contributed by atoms with E-state index in [1.165, 1.54) is 18.2 Å². The molecule has 0 aliphatic carbocycles. The van der Waals surface area contributed by atoms with Crippen molar-refractivity contribution in [3.8, 4) is 5.75 Å². The Kier molecular flexibility index (Phi) is 2.97. The van der Waals surface area contributed by atoms with E-state index >= 15 is 0 Å². The van der Waals surface area contributed by atoms with Crippen LogP contribution in [0.3, 0.4) is 0 Å². The van der Waals surface area contributed by atoms with Crippen molar-refractivity contribution in [1.29, 1.82) is 0 Å². The lowest BCUT2D eigenvalue weighted by Crippen LogP contribution is -2.99. The van der Waals surface area contributed by atoms with Crippen LogP contribution in [0.4, 0.5) is 5.69 Å². The fourth-order valence-electron chi connectivity index (χ4n) is 1.66. The molecule has 1 unspecified atom stereocenters. The molecule has 0 radical (unpaired) electrons. The van der Waals surface area contributed by atoms with Crippen LogP contribution in [0.2, 0.25) is 0 Å². The number of nitrogens with one attached hydrogen (secondary N) is 1. The van der Waals surface area contributed by atoms with Crippen molar-refractivity contribution >= 4 is 26.6 Å². The third kappa shape index (κ3) is 2.28. The predicted molar refractivity (Wildman–Crippen MR) is 61.2 cm³/mol. The van der Waals surface area contributed by atoms with Gasteiger partial charge in [-0.05, 0) is 17.5 Å². The molecule has 0 spiro atoms. The van der Waals surface area contributed by atoms with E-state index in [9.17, 15) is 18.7 Å². The summed E-state index contributed by atoms with van der Waals surface area (Å²) in [4.78, 5) is -0.527. The first-order valence-corrected chi connectivity index (χ1v) is 6.20. The van der Waals surface area contributed by atoms with Gasteiger partial charge in [0, 0.05) is 23.6 Å². The summed E-state index contributed by atoms with van der Waals surface area (Å²) in [6.07, 6.45) is 0. The third-order valence-corrected chi connectivity index (χ3v) is 3.32. The lowest BCUT2D eigenvalue weighted by Gasteiger charge is -2.13. The number of benzene rings is 2. The average molecular weight is 271 g/mol. The lowest BCUT2D eigenvalue weighted by atomic mass is 10.1. The summed E-state index contributed by atoms with van der Waals surface area (Å²) in [6.45, 7) is 0. The molecule has 2 aromatic carbocycles. The lowest BCUT2D eigenvalue weighted by molar-refractivity contribution is -0.991. The maximum atomic E-state index is 11.2. The van der Waals surface area contributed by atoms with E-state index in [0.29, 0.717) is 5.39 Å². The van der Waals surface area contributed by atoms with Crippen molar-refractivity contribution in [3.05, 3.63) is 35.5 Å². The van der Waals surface area contributed by atoms with Gasteiger partial charge in [0.1, 0.15) is 10.6 Å². The molecule has 1 atom stereocenters. The van der Waals surface area contributed by atoms with Crippen LogP contribution in [-0.2, 0) is 10.1 Å². The molecule has 2 rings (SSSR count). The zero-order valence-corrected chi connectivity index (χ0v) is 9.68. The number of phenolic OH excluding ortho intramolecular Hbond substituents is 1. The van der Waals surface area contributed by atoms with Gasteiger partial charge in [0.25, 0.3) is 10.1 Å². The molecule has 7 nitrogen and oxygen atoms in total. The van der Waals surface area contributed by atoms with E-state index in [-0.39, 0.29) is 16.8 Å². The van der Waals surface area contributed by atoms with Crippen LogP contribution in [0.25, 0.3) is 10.8 Å². The van der Waals surface area contributed by atoms with Gasteiger partial charge in [0.15, 0.2) is 5.69 Å². The highest BCUT2D eigenvalue weighted by Crippen LogP contribution is 2.29. The van der Waals surface area contributed by atoms with Crippen LogP contribution in [0.1, 0.15) is 0 Å². The molecular formula is C10H9NO6S. The molecule has 0 bridgehead atoms. The second-order valence-electron chi connectivity index (χ2n) is 3.66. The highest BCUT2D eigenvalue weighted by Gasteiger charge is 2.17. The van der Waals surface area contributed by atoms with E-state index in [1.807, 2.05) is 0 Å². The van der Waals surface area contributed by atoms with Gasteiger partial charge < -0.3 is 10.3 Å². The van der Waals surface area contributed by atoms with E-state index in [4.69, 9.17) is 9.76 Å². The van der Waals surface area contributed by atoms with Gasteiger partial charge in [-0.1, -0.05) is 0 Å². The number of quaternary nitrogens is 1. The SMILES string of the molecule is O=S(=O)(O)c1cc(O)cc2ccc([NH+]([O-])O)cc12. The van der Waals surface area contributed by atoms with Crippen LogP contribution in [0.5, 0.6) is 5.75 Å². The molecule has 0 saturated heterocycles. The number of fused-ring (bicyclic) bond motifs is 1. The van der Waals surface area contributed by atoms with Gasteiger partial charge in [0.2, 0.25) is 0 Å². The van der Waals surface area contributed by atoms with E-state index in [1.54, 1.807) is 0 Å². The largest absolute Gasteiger partial charge is 0.595 e. The Labute approximate surface area is 102 Å². The van der Waals surface area contributed by atoms with Crippen LogP contribution in [0.15, 0.2) is 35.2 Å². The maximum absolute atomic E-state index is 11.2. The molecule has 0 aliphatic rings. The van der Waals surface area contributed by atoms with Gasteiger partial charge in [-0.15, -0.1) is 0 Å². The Morgan fingerprint density at radius 2 is 1.83 bits per heavy atom. The van der Waals surface area contributed by atoms with E-state index < -0.39 is 20.2 Å². The Morgan fingerprint density at radius 1 is 1.17 bits per heavy atom. The van der Waals surface area contributed by atoms with Crippen molar-refractivity contribution in [2.45, 2.75) is 4.90 Å². The second kappa shape index (κ2) is 4.19. The monoisotopic (exact) mass is 271 g/mol. The van der Waals surface area contributed by atoms with Crippen LogP contribution in [-0.4, -0.2) is 23.3 Å². The molecule has 8 heteroatoms. The Balaban J connectivity index is 2.87. The summed E-state index contributed by atoms with van der Waals surface area (Å²) >= 11 is 0. The predicted octanol–water partition coefficient (Wildman–Crippen LogP) is 0.195. The van der Waals surface area contributed by atoms with Gasteiger partial charge >= 0.3 is 0 Å². The Hall–Kier alpha value is -1.71. The fourth-order valence-corrected chi connectivity index (χ4v) is 2.38. The first kappa shape index (κ1) is 12.7. The maximum Gasteiger partial charge on any atom is 0.295 e. The van der Waals surface area contributed by atoms with E-state index in [2.05, 4.69) is 0 Å². The molecular weight excluding hydrogens is 262 g/mol. The van der Waals surface area contributed by atoms with Crippen molar-refractivity contribution in [1.82, 2.24) is 0 Å². The van der Waals surface area contributed by atoms with Crippen molar-refractivity contribution in [2.24, 2.45) is 0 Å². The molecule has 0 amide bonds. The van der Waals surface area contributed by atoms with Crippen molar-refractivity contribution < 1.29 is 28.5 Å². The summed E-state index contributed by atoms with van der Waals surface area (Å²) in [6, 6.07) is 5.89. The first-order valence-electron chi connectivity index (χ1n) is 4.76. The van der Waals surface area contributed by atoms with Gasteiger partial charge in [-0.3, -0.25) is 4.55 Å². The highest BCUT2D eigenvalue weighted by atomic mass is 32.2. The molecule has 0 fully saturated rings. The minimum Gasteiger partial charge on any atom is -0.595 e. The van der Waals surface area contributed by atoms with Crippen molar-refractivity contribution in [2.75, 3.05) is 0 Å². The molecule has 2 aromatic rings. The first-order chi connectivity index (χ1) is 8.29. The number of aromatic hydroxyl groups is 1. The topological polar surface area (TPSA) is 122 Å². The van der Waals surface area contributed by atoms with Gasteiger partial charge in [-0.25, -0.2) is 5.21 Å². The molecule has 0 heterocycles. The Morgan fingerprint density at radius 3 is 2.39 bits per heavy atom. The van der Waals surface area contributed by atoms with Crippen LogP contribution in [0, 0.1) is 5.21 Å².